The number of amides is 3. The zero-order valence-corrected chi connectivity index (χ0v) is 23.7. The summed E-state index contributed by atoms with van der Waals surface area (Å²) in [4.78, 5) is 45.2. The second-order valence-electron chi connectivity index (χ2n) is 11.9. The molecule has 2 saturated heterocycles. The van der Waals surface area contributed by atoms with E-state index in [1.165, 1.54) is 18.2 Å². The van der Waals surface area contributed by atoms with Gasteiger partial charge in [0.2, 0.25) is 17.7 Å². The van der Waals surface area contributed by atoms with Crippen molar-refractivity contribution >= 4 is 35.0 Å². The van der Waals surface area contributed by atoms with Crippen molar-refractivity contribution in [2.24, 2.45) is 23.7 Å². The first kappa shape index (κ1) is 28.1. The van der Waals surface area contributed by atoms with Gasteiger partial charge in [0, 0.05) is 18.3 Å². The Morgan fingerprint density at radius 3 is 2.72 bits per heavy atom. The highest BCUT2D eigenvalue weighted by atomic mass is 35.5. The topological polar surface area (TPSA) is 91.0 Å². The molecular weight excluding hydrogens is 523 g/mol. The summed E-state index contributed by atoms with van der Waals surface area (Å²) in [7, 11) is 3.93. The maximum Gasteiger partial charge on any atom is 0.246 e. The molecule has 1 aromatic rings. The molecule has 3 heterocycles. The Morgan fingerprint density at radius 2 is 2.00 bits per heavy atom. The van der Waals surface area contributed by atoms with E-state index in [-0.39, 0.29) is 22.9 Å². The van der Waals surface area contributed by atoms with Crippen LogP contribution in [-0.2, 0) is 19.1 Å². The number of carbonyl (C=O) groups excluding carboxylic acids is 3. The summed E-state index contributed by atoms with van der Waals surface area (Å²) in [6, 6.07) is 3.10. The van der Waals surface area contributed by atoms with Crippen LogP contribution in [0.25, 0.3) is 0 Å². The number of likely N-dealkylation sites (tertiary alicyclic amines) is 1. The van der Waals surface area contributed by atoms with E-state index >= 15 is 0 Å². The number of anilines is 1. The predicted octanol–water partition coefficient (Wildman–Crippen LogP) is 3.46. The van der Waals surface area contributed by atoms with Crippen LogP contribution in [0.3, 0.4) is 0 Å². The Bertz CT molecular complexity index is 1180. The van der Waals surface area contributed by atoms with Gasteiger partial charge in [0.25, 0.3) is 0 Å². The van der Waals surface area contributed by atoms with Crippen molar-refractivity contribution in [1.29, 1.82) is 0 Å². The molecule has 8 nitrogen and oxygen atoms in total. The number of hydrogen-bond donors (Lipinski definition) is 2. The monoisotopic (exact) mass is 560 g/mol. The minimum Gasteiger partial charge on any atom is -0.359 e. The molecule has 0 unspecified atom stereocenters. The largest absolute Gasteiger partial charge is 0.359 e. The molecule has 212 valence electrons. The van der Waals surface area contributed by atoms with Gasteiger partial charge in [-0.1, -0.05) is 50.4 Å². The molecule has 5 rings (SSSR count). The fraction of sp³-hybridized carbons (Fsp3) is 0.621. The summed E-state index contributed by atoms with van der Waals surface area (Å²) < 4.78 is 20.1. The zero-order valence-electron chi connectivity index (χ0n) is 23.0. The lowest BCUT2D eigenvalue weighted by Gasteiger charge is -2.38. The number of fused-ring (bicyclic) bond motifs is 1. The molecule has 1 aromatic carbocycles. The minimum atomic E-state index is -1.21. The molecule has 0 radical (unpaired) electrons. The van der Waals surface area contributed by atoms with Crippen LogP contribution in [0.4, 0.5) is 10.1 Å². The van der Waals surface area contributed by atoms with Crippen molar-refractivity contribution in [3.05, 3.63) is 41.2 Å². The van der Waals surface area contributed by atoms with Gasteiger partial charge >= 0.3 is 0 Å². The van der Waals surface area contributed by atoms with Crippen molar-refractivity contribution < 1.29 is 23.5 Å². The molecule has 10 heteroatoms. The van der Waals surface area contributed by atoms with Gasteiger partial charge in [-0.3, -0.25) is 14.4 Å². The van der Waals surface area contributed by atoms with Gasteiger partial charge < -0.3 is 25.2 Å². The Balaban J connectivity index is 1.42. The molecule has 0 aromatic heterocycles. The number of nitrogens with one attached hydrogen (secondary N) is 2. The predicted molar refractivity (Wildman–Crippen MR) is 147 cm³/mol. The molecule has 1 aliphatic carbocycles. The average Bonchev–Trinajstić information content (AvgIpc) is 3.51. The van der Waals surface area contributed by atoms with Crippen molar-refractivity contribution in [2.45, 2.75) is 63.3 Å². The second kappa shape index (κ2) is 10.8. The molecular formula is C29H38ClFN4O4. The standard InChI is InChI=1S/C29H38ClFN4O4/c1-16-7-5-8-21(17(16)2)33-27(37)25-29-12-11-22(39-29)23(24(29)28(38)35(25)14-6-13-34(3)4)26(36)32-18-9-10-20(31)19(30)15-18/h9-12,15-17,21-25H,5-8,13-14H2,1-4H3,(H,32,36)(H,33,37)/t16-,17+,21+,22-,23+,24-,25+,29+/m1/s1. The number of halogens is 2. The molecule has 3 amide bonds. The van der Waals surface area contributed by atoms with Gasteiger partial charge in [-0.25, -0.2) is 4.39 Å². The molecule has 2 bridgehead atoms. The van der Waals surface area contributed by atoms with Crippen LogP contribution in [0.5, 0.6) is 0 Å². The Kier molecular flexibility index (Phi) is 7.79. The summed E-state index contributed by atoms with van der Waals surface area (Å²) in [6.07, 6.45) is 6.75. The maximum absolute atomic E-state index is 14.0. The number of rotatable bonds is 8. The lowest BCUT2D eigenvalue weighted by Crippen LogP contribution is -2.58. The van der Waals surface area contributed by atoms with Gasteiger partial charge in [0.1, 0.15) is 17.5 Å². The highest BCUT2D eigenvalue weighted by Gasteiger charge is 2.72. The van der Waals surface area contributed by atoms with Crippen LogP contribution in [0.2, 0.25) is 5.02 Å². The maximum atomic E-state index is 14.0. The second-order valence-corrected chi connectivity index (χ2v) is 12.3. The van der Waals surface area contributed by atoms with Crippen LogP contribution in [0.1, 0.15) is 39.5 Å². The van der Waals surface area contributed by atoms with Crippen molar-refractivity contribution in [2.75, 3.05) is 32.5 Å². The van der Waals surface area contributed by atoms with E-state index in [1.54, 1.807) is 11.0 Å². The quantitative estimate of drug-likeness (QED) is 0.475. The third kappa shape index (κ3) is 4.98. The molecule has 1 spiro atoms. The van der Waals surface area contributed by atoms with Gasteiger partial charge in [-0.15, -0.1) is 0 Å². The Morgan fingerprint density at radius 1 is 1.23 bits per heavy atom. The number of carbonyl (C=O) groups is 3. The van der Waals surface area contributed by atoms with Crippen LogP contribution in [0, 0.1) is 29.5 Å². The number of ether oxygens (including phenoxy) is 1. The first-order chi connectivity index (χ1) is 18.5. The zero-order chi connectivity index (χ0) is 28.1. The van der Waals surface area contributed by atoms with Crippen LogP contribution in [0.15, 0.2) is 30.4 Å². The Labute approximate surface area is 234 Å². The Hall–Kier alpha value is -2.49. The molecule has 3 aliphatic heterocycles. The fourth-order valence-corrected chi connectivity index (χ4v) is 7.09. The van der Waals surface area contributed by atoms with Crippen molar-refractivity contribution in [1.82, 2.24) is 15.1 Å². The average molecular weight is 561 g/mol. The van der Waals surface area contributed by atoms with E-state index in [0.29, 0.717) is 30.5 Å². The summed E-state index contributed by atoms with van der Waals surface area (Å²) in [6.45, 7) is 5.52. The van der Waals surface area contributed by atoms with E-state index in [0.717, 1.165) is 25.8 Å². The van der Waals surface area contributed by atoms with Gasteiger partial charge in [0.05, 0.1) is 23.0 Å². The van der Waals surface area contributed by atoms with E-state index < -0.39 is 41.3 Å². The van der Waals surface area contributed by atoms with E-state index in [1.807, 2.05) is 25.1 Å². The normalized spacial score (nSPS) is 35.0. The molecule has 4 aliphatic rings. The first-order valence-corrected chi connectivity index (χ1v) is 14.3. The van der Waals surface area contributed by atoms with Gasteiger partial charge in [-0.2, -0.15) is 0 Å². The smallest absolute Gasteiger partial charge is 0.246 e. The highest BCUT2D eigenvalue weighted by Crippen LogP contribution is 2.55. The third-order valence-electron chi connectivity index (χ3n) is 9.15. The highest BCUT2D eigenvalue weighted by molar-refractivity contribution is 6.31. The van der Waals surface area contributed by atoms with E-state index in [2.05, 4.69) is 24.5 Å². The minimum absolute atomic E-state index is 0.0281. The lowest BCUT2D eigenvalue weighted by atomic mass is 9.73. The summed E-state index contributed by atoms with van der Waals surface area (Å²) in [5, 5.41) is 5.94. The van der Waals surface area contributed by atoms with Crippen LogP contribution in [-0.4, -0.2) is 78.5 Å². The summed E-state index contributed by atoms with van der Waals surface area (Å²) in [5.74, 6) is -2.31. The molecule has 8 atom stereocenters. The molecule has 2 N–H and O–H groups in total. The van der Waals surface area contributed by atoms with Crippen molar-refractivity contribution in [3.8, 4) is 0 Å². The summed E-state index contributed by atoms with van der Waals surface area (Å²) >= 11 is 5.90. The van der Waals surface area contributed by atoms with Crippen LogP contribution >= 0.6 is 11.6 Å². The first-order valence-electron chi connectivity index (χ1n) is 13.9. The van der Waals surface area contributed by atoms with Gasteiger partial charge in [0.15, 0.2) is 0 Å². The SMILES string of the molecule is C[C@H]1[C@H](C)CCC[C@@H]1NC(=O)[C@@H]1N(CCCN(C)C)C(=O)[C@H]2[C@@H](C(=O)Nc3ccc(F)c(Cl)c3)[C@H]3C=C[C@@]12O3. The van der Waals surface area contributed by atoms with E-state index in [9.17, 15) is 18.8 Å². The molecule has 39 heavy (non-hydrogen) atoms. The fourth-order valence-electron chi connectivity index (χ4n) is 6.91. The van der Waals surface area contributed by atoms with Crippen molar-refractivity contribution in [3.63, 3.8) is 0 Å². The van der Waals surface area contributed by atoms with Gasteiger partial charge in [-0.05, 0) is 63.5 Å². The number of benzene rings is 1. The van der Waals surface area contributed by atoms with E-state index in [4.69, 9.17) is 16.3 Å². The molecule has 3 fully saturated rings. The molecule has 1 saturated carbocycles. The lowest BCUT2D eigenvalue weighted by molar-refractivity contribution is -0.141. The number of hydrogen-bond acceptors (Lipinski definition) is 5. The van der Waals surface area contributed by atoms with Crippen LogP contribution < -0.4 is 10.6 Å². The third-order valence-corrected chi connectivity index (χ3v) is 9.44. The number of nitrogens with zero attached hydrogens (tertiary/aromatic N) is 2. The summed E-state index contributed by atoms with van der Waals surface area (Å²) in [5.41, 5.74) is -0.884.